The summed E-state index contributed by atoms with van der Waals surface area (Å²) in [5.74, 6) is 0.0682. The van der Waals surface area contributed by atoms with Gasteiger partial charge in [0.05, 0.1) is 27.1 Å². The average Bonchev–Trinajstić information content (AvgIpc) is 3.28. The third-order valence-corrected chi connectivity index (χ3v) is 9.50. The number of nitrogens with zero attached hydrogens (tertiary/aromatic N) is 3. The minimum absolute atomic E-state index is 0.182. The maximum absolute atomic E-state index is 12.5. The molecule has 1 aliphatic heterocycles. The minimum Gasteiger partial charge on any atom is -0.364 e. The molecule has 10 heteroatoms. The van der Waals surface area contributed by atoms with E-state index in [1.807, 2.05) is 18.2 Å². The highest BCUT2D eigenvalue weighted by Crippen LogP contribution is 2.38. The lowest BCUT2D eigenvalue weighted by molar-refractivity contribution is 0.0995. The van der Waals surface area contributed by atoms with Gasteiger partial charge in [0, 0.05) is 28.9 Å². The van der Waals surface area contributed by atoms with Crippen molar-refractivity contribution in [1.29, 1.82) is 0 Å². The van der Waals surface area contributed by atoms with Crippen LogP contribution in [0.2, 0.25) is 10.0 Å². The average molecular weight is 565 g/mol. The normalized spacial score (nSPS) is 15.7. The number of pyridine rings is 2. The van der Waals surface area contributed by atoms with Crippen molar-refractivity contribution in [1.82, 2.24) is 14.4 Å². The quantitative estimate of drug-likeness (QED) is 0.291. The van der Waals surface area contributed by atoms with Crippen LogP contribution in [0, 0.1) is 0 Å². The lowest BCUT2D eigenvalue weighted by atomic mass is 9.92. The molecule has 6 rings (SSSR count). The van der Waals surface area contributed by atoms with Crippen molar-refractivity contribution < 1.29 is 13.2 Å². The first-order chi connectivity index (χ1) is 18.2. The third kappa shape index (κ3) is 4.32. The summed E-state index contributed by atoms with van der Waals surface area (Å²) in [5.41, 5.74) is 10.9. The summed E-state index contributed by atoms with van der Waals surface area (Å²) >= 11 is 12.9. The van der Waals surface area contributed by atoms with Gasteiger partial charge in [0.15, 0.2) is 0 Å². The van der Waals surface area contributed by atoms with E-state index < -0.39 is 15.7 Å². The van der Waals surface area contributed by atoms with Crippen LogP contribution in [0.5, 0.6) is 0 Å². The molecular weight excluding hydrogens is 543 g/mol. The van der Waals surface area contributed by atoms with Gasteiger partial charge in [-0.2, -0.15) is 0 Å². The van der Waals surface area contributed by atoms with Gasteiger partial charge in [0.2, 0.25) is 0 Å². The lowest BCUT2D eigenvalue weighted by Crippen LogP contribution is -2.22. The number of amides is 1. The fraction of sp³-hybridized carbons (Fsp3) is 0.179. The summed E-state index contributed by atoms with van der Waals surface area (Å²) < 4.78 is 25.2. The predicted octanol–water partition coefficient (Wildman–Crippen LogP) is 5.91. The first-order valence-electron chi connectivity index (χ1n) is 12.1. The molecule has 1 amide bonds. The zero-order valence-electron chi connectivity index (χ0n) is 20.1. The van der Waals surface area contributed by atoms with Crippen LogP contribution in [0.15, 0.2) is 67.0 Å². The molecule has 0 unspecified atom stereocenters. The smallest absolute Gasteiger partial charge is 0.268 e. The van der Waals surface area contributed by atoms with Crippen molar-refractivity contribution >= 4 is 55.5 Å². The molecule has 2 aromatic carbocycles. The number of carbonyl (C=O) groups excluding carboxylic acids is 1. The van der Waals surface area contributed by atoms with Gasteiger partial charge in [-0.25, -0.2) is 13.4 Å². The maximum atomic E-state index is 12.5. The van der Waals surface area contributed by atoms with Crippen LogP contribution in [0.25, 0.3) is 38.9 Å². The maximum Gasteiger partial charge on any atom is 0.268 e. The summed E-state index contributed by atoms with van der Waals surface area (Å²) in [6.45, 7) is 0. The fourth-order valence-corrected chi connectivity index (χ4v) is 7.23. The second-order valence-corrected chi connectivity index (χ2v) is 12.6. The summed E-state index contributed by atoms with van der Waals surface area (Å²) in [5, 5.41) is 1.47. The first-order valence-corrected chi connectivity index (χ1v) is 14.7. The SMILES string of the molecule is NC(=O)c1c(-c2c(Cl)cccc2Cl)nc2c3cc(-c4ccc(C5CCS(=O)(=O)CC5)cc4)cnc3ccn12. The number of hydrogen-bond donors (Lipinski definition) is 1. The molecule has 4 heterocycles. The van der Waals surface area contributed by atoms with Gasteiger partial charge in [-0.1, -0.05) is 53.5 Å². The van der Waals surface area contributed by atoms with E-state index in [0.29, 0.717) is 45.3 Å². The Balaban J connectivity index is 1.45. The van der Waals surface area contributed by atoms with Crippen molar-refractivity contribution in [2.45, 2.75) is 18.8 Å². The summed E-state index contributed by atoms with van der Waals surface area (Å²) in [4.78, 5) is 22.0. The van der Waals surface area contributed by atoms with Gasteiger partial charge < -0.3 is 5.73 Å². The monoisotopic (exact) mass is 564 g/mol. The van der Waals surface area contributed by atoms with Crippen molar-refractivity contribution in [2.24, 2.45) is 5.73 Å². The highest BCUT2D eigenvalue weighted by Gasteiger charge is 2.25. The molecule has 0 aliphatic carbocycles. The standard InChI is InChI=1S/C28H22Cl2N4O3S/c29-21-2-1-3-22(30)24(21)25-26(27(31)35)34-11-8-23-20(28(34)33-25)14-19(15-32-23)17-6-4-16(5-7-17)18-9-12-38(36,37)13-10-18/h1-8,11,14-15,18H,9-10,12-13H2,(H2,31,35). The largest absolute Gasteiger partial charge is 0.364 e. The van der Waals surface area contributed by atoms with Crippen LogP contribution in [0.1, 0.15) is 34.8 Å². The van der Waals surface area contributed by atoms with Crippen molar-refractivity contribution in [3.63, 3.8) is 0 Å². The number of primary amides is 1. The number of nitrogens with two attached hydrogens (primary N) is 1. The van der Waals surface area contributed by atoms with Crippen molar-refractivity contribution in [3.8, 4) is 22.4 Å². The Hall–Kier alpha value is -3.46. The molecule has 7 nitrogen and oxygen atoms in total. The number of aromatic nitrogens is 3. The molecule has 1 fully saturated rings. The van der Waals surface area contributed by atoms with Gasteiger partial charge in [-0.3, -0.25) is 14.2 Å². The van der Waals surface area contributed by atoms with E-state index in [1.165, 1.54) is 0 Å². The summed E-state index contributed by atoms with van der Waals surface area (Å²) in [6, 6.07) is 17.0. The number of rotatable bonds is 4. The highest BCUT2D eigenvalue weighted by molar-refractivity contribution is 7.91. The number of carbonyl (C=O) groups is 1. The Morgan fingerprint density at radius 2 is 1.66 bits per heavy atom. The number of benzene rings is 2. The van der Waals surface area contributed by atoms with Crippen molar-refractivity contribution in [3.05, 3.63) is 88.3 Å². The van der Waals surface area contributed by atoms with E-state index >= 15 is 0 Å². The molecule has 192 valence electrons. The molecule has 5 aromatic rings. The Morgan fingerprint density at radius 1 is 0.974 bits per heavy atom. The predicted molar refractivity (Wildman–Crippen MR) is 151 cm³/mol. The molecule has 0 saturated carbocycles. The van der Waals surface area contributed by atoms with Gasteiger partial charge in [0.25, 0.3) is 5.91 Å². The first kappa shape index (κ1) is 24.9. The summed E-state index contributed by atoms with van der Waals surface area (Å²) in [7, 11) is -2.90. The van der Waals surface area contributed by atoms with Crippen LogP contribution in [0.3, 0.4) is 0 Å². The molecule has 1 aliphatic rings. The molecule has 3 aromatic heterocycles. The van der Waals surface area contributed by atoms with E-state index in [0.717, 1.165) is 22.1 Å². The van der Waals surface area contributed by atoms with E-state index in [1.54, 1.807) is 41.1 Å². The summed E-state index contributed by atoms with van der Waals surface area (Å²) in [6.07, 6.45) is 4.81. The van der Waals surface area contributed by atoms with Gasteiger partial charge in [-0.15, -0.1) is 0 Å². The molecule has 0 atom stereocenters. The van der Waals surface area contributed by atoms with E-state index in [2.05, 4.69) is 17.1 Å². The highest BCUT2D eigenvalue weighted by atomic mass is 35.5. The number of sulfone groups is 1. The fourth-order valence-electron chi connectivity index (χ4n) is 5.16. The van der Waals surface area contributed by atoms with Gasteiger partial charge in [0.1, 0.15) is 26.9 Å². The number of hydrogen-bond acceptors (Lipinski definition) is 5. The zero-order valence-corrected chi connectivity index (χ0v) is 22.4. The Labute approximate surface area is 229 Å². The van der Waals surface area contributed by atoms with E-state index in [4.69, 9.17) is 33.9 Å². The number of halogens is 2. The van der Waals surface area contributed by atoms with Crippen molar-refractivity contribution in [2.75, 3.05) is 11.5 Å². The Bertz CT molecular complexity index is 1820. The van der Waals surface area contributed by atoms with Crippen LogP contribution >= 0.6 is 23.2 Å². The molecule has 0 bridgehead atoms. The topological polar surface area (TPSA) is 107 Å². The minimum atomic E-state index is -2.90. The molecule has 38 heavy (non-hydrogen) atoms. The Kier molecular flexibility index (Phi) is 6.13. The molecule has 1 saturated heterocycles. The second kappa shape index (κ2) is 9.38. The molecule has 2 N–H and O–H groups in total. The third-order valence-electron chi connectivity index (χ3n) is 7.16. The van der Waals surface area contributed by atoms with E-state index in [-0.39, 0.29) is 23.1 Å². The van der Waals surface area contributed by atoms with E-state index in [9.17, 15) is 13.2 Å². The number of fused-ring (bicyclic) bond motifs is 3. The van der Waals surface area contributed by atoms with Crippen LogP contribution in [-0.4, -0.2) is 40.2 Å². The van der Waals surface area contributed by atoms with Crippen LogP contribution in [-0.2, 0) is 9.84 Å². The molecular formula is C28H22Cl2N4O3S. The Morgan fingerprint density at radius 3 is 2.32 bits per heavy atom. The van der Waals surface area contributed by atoms with Crippen LogP contribution < -0.4 is 5.73 Å². The second-order valence-electron chi connectivity index (χ2n) is 9.48. The van der Waals surface area contributed by atoms with Crippen LogP contribution in [0.4, 0.5) is 0 Å². The molecule has 0 spiro atoms. The lowest BCUT2D eigenvalue weighted by Gasteiger charge is -2.22. The molecule has 0 radical (unpaired) electrons. The van der Waals surface area contributed by atoms with Gasteiger partial charge >= 0.3 is 0 Å². The zero-order chi connectivity index (χ0) is 26.6. The number of imidazole rings is 1. The van der Waals surface area contributed by atoms with Gasteiger partial charge in [-0.05, 0) is 54.2 Å².